The first-order valence-electron chi connectivity index (χ1n) is 4.16. The van der Waals surface area contributed by atoms with Crippen molar-refractivity contribution < 1.29 is 4.79 Å². The van der Waals surface area contributed by atoms with Gasteiger partial charge in [-0.25, -0.2) is 0 Å². The van der Waals surface area contributed by atoms with Gasteiger partial charge >= 0.3 is 0 Å². The van der Waals surface area contributed by atoms with Gasteiger partial charge in [0, 0.05) is 7.05 Å². The van der Waals surface area contributed by atoms with Crippen LogP contribution in [-0.4, -0.2) is 21.6 Å². The molecule has 1 rings (SSSR count). The van der Waals surface area contributed by atoms with Crippen LogP contribution in [0.15, 0.2) is 18.9 Å². The number of hydrogen-bond acceptors (Lipinski definition) is 3. The van der Waals surface area contributed by atoms with Crippen molar-refractivity contribution in [2.75, 3.05) is 0 Å². The highest BCUT2D eigenvalue weighted by molar-refractivity contribution is 6.33. The van der Waals surface area contributed by atoms with E-state index in [9.17, 15) is 4.79 Å². The molecule has 0 aromatic carbocycles. The maximum Gasteiger partial charge on any atom is 0.199 e. The van der Waals surface area contributed by atoms with E-state index in [1.54, 1.807) is 13.1 Å². The van der Waals surface area contributed by atoms with Crippen LogP contribution in [-0.2, 0) is 7.05 Å². The number of nitrogens with two attached hydrogens (primary N) is 1. The summed E-state index contributed by atoms with van der Waals surface area (Å²) in [5.74, 6) is -0.213. The van der Waals surface area contributed by atoms with E-state index in [1.807, 2.05) is 0 Å². The number of carbonyl (C=O) groups excluding carboxylic acids is 1. The molecule has 0 saturated heterocycles. The molecule has 1 aromatic heterocycles. The first-order chi connectivity index (χ1) is 6.57. The van der Waals surface area contributed by atoms with Crippen LogP contribution in [0, 0.1) is 0 Å². The SMILES string of the molecule is C=CCC(N)C(=O)c1c(Cl)cnn1C. The van der Waals surface area contributed by atoms with Crippen LogP contribution >= 0.6 is 11.6 Å². The van der Waals surface area contributed by atoms with Gasteiger partial charge in [-0.15, -0.1) is 6.58 Å². The number of rotatable bonds is 4. The Morgan fingerprint density at radius 2 is 2.57 bits per heavy atom. The maximum atomic E-state index is 11.7. The van der Waals surface area contributed by atoms with Crippen LogP contribution in [0.1, 0.15) is 16.9 Å². The molecule has 1 unspecified atom stereocenters. The molecule has 0 amide bonds. The molecule has 1 aromatic rings. The first kappa shape index (κ1) is 10.9. The molecule has 0 bridgehead atoms. The molecule has 2 N–H and O–H groups in total. The molecular weight excluding hydrogens is 202 g/mol. The number of carbonyl (C=O) groups is 1. The summed E-state index contributed by atoms with van der Waals surface area (Å²) in [5.41, 5.74) is 5.98. The third kappa shape index (κ3) is 2.02. The predicted molar refractivity (Wildman–Crippen MR) is 55.3 cm³/mol. The van der Waals surface area contributed by atoms with Gasteiger partial charge in [0.2, 0.25) is 0 Å². The minimum atomic E-state index is -0.597. The second-order valence-electron chi connectivity index (χ2n) is 2.96. The molecule has 0 saturated carbocycles. The van der Waals surface area contributed by atoms with E-state index in [4.69, 9.17) is 17.3 Å². The minimum absolute atomic E-state index is 0.213. The zero-order valence-corrected chi connectivity index (χ0v) is 8.66. The summed E-state index contributed by atoms with van der Waals surface area (Å²) in [5, 5.41) is 4.19. The normalized spacial score (nSPS) is 12.5. The van der Waals surface area contributed by atoms with Gasteiger partial charge in [0.05, 0.1) is 17.3 Å². The van der Waals surface area contributed by atoms with E-state index in [-0.39, 0.29) is 5.78 Å². The number of nitrogens with zero attached hydrogens (tertiary/aromatic N) is 2. The van der Waals surface area contributed by atoms with Gasteiger partial charge < -0.3 is 5.73 Å². The average molecular weight is 214 g/mol. The van der Waals surface area contributed by atoms with E-state index in [2.05, 4.69) is 11.7 Å². The van der Waals surface area contributed by atoms with Gasteiger partial charge in [-0.05, 0) is 6.42 Å². The van der Waals surface area contributed by atoms with Gasteiger partial charge in [-0.1, -0.05) is 17.7 Å². The van der Waals surface area contributed by atoms with Crippen molar-refractivity contribution in [3.63, 3.8) is 0 Å². The van der Waals surface area contributed by atoms with E-state index in [0.29, 0.717) is 17.1 Å². The molecule has 0 radical (unpaired) electrons. The first-order valence-corrected chi connectivity index (χ1v) is 4.54. The van der Waals surface area contributed by atoms with Crippen molar-refractivity contribution in [3.8, 4) is 0 Å². The number of aromatic nitrogens is 2. The molecule has 14 heavy (non-hydrogen) atoms. The number of hydrogen-bond donors (Lipinski definition) is 1. The van der Waals surface area contributed by atoms with Crippen LogP contribution in [0.2, 0.25) is 5.02 Å². The third-order valence-electron chi connectivity index (χ3n) is 1.88. The molecule has 0 spiro atoms. The van der Waals surface area contributed by atoms with Gasteiger partial charge in [-0.3, -0.25) is 9.48 Å². The van der Waals surface area contributed by atoms with Crippen molar-refractivity contribution in [3.05, 3.63) is 29.6 Å². The monoisotopic (exact) mass is 213 g/mol. The zero-order valence-electron chi connectivity index (χ0n) is 7.90. The van der Waals surface area contributed by atoms with Crippen molar-refractivity contribution in [2.45, 2.75) is 12.5 Å². The Bertz CT molecular complexity index is 339. The van der Waals surface area contributed by atoms with Gasteiger partial charge in [0.15, 0.2) is 5.78 Å². The van der Waals surface area contributed by atoms with E-state index >= 15 is 0 Å². The number of aryl methyl sites for hydroxylation is 1. The predicted octanol–water partition coefficient (Wildman–Crippen LogP) is 1.16. The standard InChI is InChI=1S/C9H12ClN3O/c1-3-4-7(11)9(14)8-6(10)5-12-13(8)2/h3,5,7H,1,4,11H2,2H3. The van der Waals surface area contributed by atoms with Gasteiger partial charge in [0.25, 0.3) is 0 Å². The topological polar surface area (TPSA) is 60.9 Å². The molecule has 1 heterocycles. The summed E-state index contributed by atoms with van der Waals surface area (Å²) in [4.78, 5) is 11.7. The summed E-state index contributed by atoms with van der Waals surface area (Å²) < 4.78 is 1.42. The highest BCUT2D eigenvalue weighted by atomic mass is 35.5. The molecular formula is C9H12ClN3O. The smallest absolute Gasteiger partial charge is 0.199 e. The fourth-order valence-electron chi connectivity index (χ4n) is 1.15. The quantitative estimate of drug-likeness (QED) is 0.603. The molecule has 4 nitrogen and oxygen atoms in total. The molecule has 0 aliphatic rings. The lowest BCUT2D eigenvalue weighted by Crippen LogP contribution is -2.31. The minimum Gasteiger partial charge on any atom is -0.321 e. The van der Waals surface area contributed by atoms with Crippen LogP contribution in [0.25, 0.3) is 0 Å². The Labute approximate surface area is 87.3 Å². The Balaban J connectivity index is 2.94. The number of halogens is 1. The van der Waals surface area contributed by atoms with Gasteiger partial charge in [0.1, 0.15) is 5.69 Å². The summed E-state index contributed by atoms with van der Waals surface area (Å²) in [6.45, 7) is 3.52. The molecule has 0 fully saturated rings. The van der Waals surface area contributed by atoms with Crippen LogP contribution in [0.4, 0.5) is 0 Å². The van der Waals surface area contributed by atoms with E-state index in [0.717, 1.165) is 0 Å². The van der Waals surface area contributed by atoms with Gasteiger partial charge in [-0.2, -0.15) is 5.10 Å². The fourth-order valence-corrected chi connectivity index (χ4v) is 1.41. The molecule has 76 valence electrons. The second kappa shape index (κ2) is 4.39. The lowest BCUT2D eigenvalue weighted by atomic mass is 10.1. The number of Topliss-reactive ketones (excluding diaryl/α,β-unsaturated/α-hetero) is 1. The second-order valence-corrected chi connectivity index (χ2v) is 3.37. The maximum absolute atomic E-state index is 11.7. The lowest BCUT2D eigenvalue weighted by molar-refractivity contribution is 0.0953. The molecule has 1 atom stereocenters. The van der Waals surface area contributed by atoms with Crippen LogP contribution in [0.5, 0.6) is 0 Å². The Hall–Kier alpha value is -1.13. The zero-order chi connectivity index (χ0) is 10.7. The summed E-state index contributed by atoms with van der Waals surface area (Å²) >= 11 is 5.80. The summed E-state index contributed by atoms with van der Waals surface area (Å²) in [7, 11) is 1.65. The van der Waals surface area contributed by atoms with E-state index in [1.165, 1.54) is 10.9 Å². The van der Waals surface area contributed by atoms with Crippen LogP contribution in [0.3, 0.4) is 0 Å². The highest BCUT2D eigenvalue weighted by Crippen LogP contribution is 2.16. The van der Waals surface area contributed by atoms with Crippen molar-refractivity contribution >= 4 is 17.4 Å². The van der Waals surface area contributed by atoms with E-state index < -0.39 is 6.04 Å². The largest absolute Gasteiger partial charge is 0.321 e. The third-order valence-corrected chi connectivity index (χ3v) is 2.16. The average Bonchev–Trinajstić information content (AvgIpc) is 2.46. The summed E-state index contributed by atoms with van der Waals surface area (Å²) in [6.07, 6.45) is 3.46. The molecule has 0 aliphatic carbocycles. The Morgan fingerprint density at radius 3 is 3.00 bits per heavy atom. The molecule has 5 heteroatoms. The summed E-state index contributed by atoms with van der Waals surface area (Å²) in [6, 6.07) is -0.597. The highest BCUT2D eigenvalue weighted by Gasteiger charge is 2.20. The number of ketones is 1. The lowest BCUT2D eigenvalue weighted by Gasteiger charge is -2.08. The van der Waals surface area contributed by atoms with Crippen molar-refractivity contribution in [1.82, 2.24) is 9.78 Å². The Kier molecular flexibility index (Phi) is 3.43. The Morgan fingerprint density at radius 1 is 1.93 bits per heavy atom. The molecule has 0 aliphatic heterocycles. The fraction of sp³-hybridized carbons (Fsp3) is 0.333. The van der Waals surface area contributed by atoms with Crippen LogP contribution < -0.4 is 5.73 Å². The van der Waals surface area contributed by atoms with Crippen molar-refractivity contribution in [2.24, 2.45) is 12.8 Å². The van der Waals surface area contributed by atoms with Crippen molar-refractivity contribution in [1.29, 1.82) is 0 Å².